The van der Waals surface area contributed by atoms with Gasteiger partial charge in [-0.2, -0.15) is 18.6 Å². The third kappa shape index (κ3) is 2.51. The Kier molecular flexibility index (Phi) is 2.98. The van der Waals surface area contributed by atoms with Crippen LogP contribution in [0.25, 0.3) is 6.08 Å². The van der Waals surface area contributed by atoms with Crippen molar-refractivity contribution in [3.63, 3.8) is 0 Å². The maximum atomic E-state index is 12.4. The molecule has 0 saturated heterocycles. The van der Waals surface area contributed by atoms with Crippen molar-refractivity contribution in [2.75, 3.05) is 0 Å². The van der Waals surface area contributed by atoms with Crippen LogP contribution in [0.15, 0.2) is 35.4 Å². The molecule has 1 aromatic heterocycles. The minimum Gasteiger partial charge on any atom is -0.363 e. The molecular weight excluding hydrogens is 253 g/mol. The molecule has 92 valence electrons. The van der Waals surface area contributed by atoms with E-state index in [0.717, 1.165) is 4.88 Å². The lowest BCUT2D eigenvalue weighted by Crippen LogP contribution is -2.55. The molecular formula is C10H9F3N2OS. The fourth-order valence-electron chi connectivity index (χ4n) is 1.27. The predicted molar refractivity (Wildman–Crippen MR) is 58.7 cm³/mol. The summed E-state index contributed by atoms with van der Waals surface area (Å²) in [6.07, 6.45) is -0.953. The molecule has 1 atom stereocenters. The van der Waals surface area contributed by atoms with Gasteiger partial charge in [-0.15, -0.1) is 11.3 Å². The van der Waals surface area contributed by atoms with E-state index in [0.29, 0.717) is 6.08 Å². The van der Waals surface area contributed by atoms with E-state index in [9.17, 15) is 18.3 Å². The molecule has 3 nitrogen and oxygen atoms in total. The van der Waals surface area contributed by atoms with Crippen LogP contribution in [0.4, 0.5) is 13.2 Å². The van der Waals surface area contributed by atoms with E-state index in [1.807, 2.05) is 17.5 Å². The zero-order valence-electron chi connectivity index (χ0n) is 8.45. The van der Waals surface area contributed by atoms with Crippen molar-refractivity contribution < 1.29 is 18.3 Å². The summed E-state index contributed by atoms with van der Waals surface area (Å²) in [4.78, 5) is 0.912. The van der Waals surface area contributed by atoms with Crippen LogP contribution in [-0.2, 0) is 0 Å². The van der Waals surface area contributed by atoms with Gasteiger partial charge in [-0.25, -0.2) is 0 Å². The van der Waals surface area contributed by atoms with Crippen molar-refractivity contribution in [1.82, 2.24) is 10.9 Å². The Labute approximate surface area is 99.2 Å². The lowest BCUT2D eigenvalue weighted by atomic mass is 10.2. The van der Waals surface area contributed by atoms with E-state index in [-0.39, 0.29) is 5.70 Å². The number of hydrogen-bond donors (Lipinski definition) is 3. The highest BCUT2D eigenvalue weighted by Gasteiger charge is 2.54. The summed E-state index contributed by atoms with van der Waals surface area (Å²) >= 11 is 1.46. The summed E-state index contributed by atoms with van der Waals surface area (Å²) in [5.74, 6) is 0. The number of thiophene rings is 1. The van der Waals surface area contributed by atoms with E-state index < -0.39 is 11.9 Å². The van der Waals surface area contributed by atoms with Crippen LogP contribution < -0.4 is 10.9 Å². The average molecular weight is 262 g/mol. The summed E-state index contributed by atoms with van der Waals surface area (Å²) in [5.41, 5.74) is 1.22. The van der Waals surface area contributed by atoms with E-state index >= 15 is 0 Å². The monoisotopic (exact) mass is 262 g/mol. The van der Waals surface area contributed by atoms with E-state index in [4.69, 9.17) is 0 Å². The van der Waals surface area contributed by atoms with Gasteiger partial charge in [0, 0.05) is 10.6 Å². The quantitative estimate of drug-likeness (QED) is 0.764. The van der Waals surface area contributed by atoms with Crippen LogP contribution in [0.3, 0.4) is 0 Å². The molecule has 3 N–H and O–H groups in total. The molecule has 0 aromatic carbocycles. The second-order valence-corrected chi connectivity index (χ2v) is 4.44. The third-order valence-corrected chi connectivity index (χ3v) is 3.00. The Bertz CT molecular complexity index is 453. The summed E-state index contributed by atoms with van der Waals surface area (Å²) < 4.78 is 37.2. The number of aliphatic hydroxyl groups is 1. The van der Waals surface area contributed by atoms with Gasteiger partial charge < -0.3 is 10.5 Å². The Balaban J connectivity index is 2.13. The smallest absolute Gasteiger partial charge is 0.363 e. The lowest BCUT2D eigenvalue weighted by molar-refractivity contribution is -0.250. The maximum Gasteiger partial charge on any atom is 0.436 e. The van der Waals surface area contributed by atoms with Gasteiger partial charge in [-0.3, -0.25) is 0 Å². The minimum atomic E-state index is -4.77. The predicted octanol–water partition coefficient (Wildman–Crippen LogP) is 2.00. The largest absolute Gasteiger partial charge is 0.436 e. The molecule has 0 radical (unpaired) electrons. The van der Waals surface area contributed by atoms with E-state index in [2.05, 4.69) is 5.43 Å². The Morgan fingerprint density at radius 2 is 2.12 bits per heavy atom. The molecule has 0 fully saturated rings. The molecule has 0 unspecified atom stereocenters. The molecule has 0 spiro atoms. The molecule has 0 aliphatic carbocycles. The van der Waals surface area contributed by atoms with Crippen LogP contribution in [0, 0.1) is 0 Å². The number of alkyl halides is 3. The Morgan fingerprint density at radius 1 is 1.35 bits per heavy atom. The van der Waals surface area contributed by atoms with Crippen molar-refractivity contribution in [3.05, 3.63) is 40.2 Å². The summed E-state index contributed by atoms with van der Waals surface area (Å²) in [6, 6.07) is 3.67. The number of nitrogens with one attached hydrogen (secondary N) is 2. The number of hydrogen-bond acceptors (Lipinski definition) is 4. The van der Waals surface area contributed by atoms with Crippen LogP contribution >= 0.6 is 11.3 Å². The van der Waals surface area contributed by atoms with Crippen LogP contribution in [0.5, 0.6) is 0 Å². The first-order valence-corrected chi connectivity index (χ1v) is 5.55. The van der Waals surface area contributed by atoms with Gasteiger partial charge in [0.25, 0.3) is 5.72 Å². The minimum absolute atomic E-state index is 0.165. The van der Waals surface area contributed by atoms with Crippen molar-refractivity contribution in [2.45, 2.75) is 11.9 Å². The highest BCUT2D eigenvalue weighted by molar-refractivity contribution is 7.10. The second-order valence-electron chi connectivity index (χ2n) is 3.46. The SMILES string of the molecule is O[C@@]1(C(F)(F)F)C=C(C=Cc2cccs2)NN1. The van der Waals surface area contributed by atoms with Crippen LogP contribution in [0.1, 0.15) is 4.88 Å². The normalized spacial score (nSPS) is 25.1. The Morgan fingerprint density at radius 3 is 2.65 bits per heavy atom. The van der Waals surface area contributed by atoms with E-state index in [1.54, 1.807) is 11.5 Å². The van der Waals surface area contributed by atoms with Gasteiger partial charge in [0.2, 0.25) is 0 Å². The third-order valence-electron chi connectivity index (χ3n) is 2.16. The fourth-order valence-corrected chi connectivity index (χ4v) is 1.88. The van der Waals surface area contributed by atoms with Gasteiger partial charge in [0.15, 0.2) is 0 Å². The molecule has 7 heteroatoms. The number of hydrazine groups is 1. The Hall–Kier alpha value is -1.31. The van der Waals surface area contributed by atoms with Crippen LogP contribution in [-0.4, -0.2) is 17.0 Å². The lowest BCUT2D eigenvalue weighted by Gasteiger charge is -2.23. The molecule has 0 saturated carbocycles. The molecule has 2 rings (SSSR count). The van der Waals surface area contributed by atoms with Crippen molar-refractivity contribution in [3.8, 4) is 0 Å². The van der Waals surface area contributed by atoms with Gasteiger partial charge in [0.1, 0.15) is 0 Å². The standard InChI is InChI=1S/C10H9F3N2OS/c11-10(12,13)9(16)6-7(14-15-9)3-4-8-2-1-5-17-8/h1-6,14-16H/t9-/m1/s1. The molecule has 0 amide bonds. The van der Waals surface area contributed by atoms with Crippen molar-refractivity contribution in [1.29, 1.82) is 0 Å². The number of halogens is 3. The highest BCUT2D eigenvalue weighted by Crippen LogP contribution is 2.32. The molecule has 1 aliphatic rings. The summed E-state index contributed by atoms with van der Waals surface area (Å²) in [5, 5.41) is 11.1. The van der Waals surface area contributed by atoms with Gasteiger partial charge in [0.05, 0.1) is 0 Å². The van der Waals surface area contributed by atoms with Crippen molar-refractivity contribution in [2.24, 2.45) is 0 Å². The van der Waals surface area contributed by atoms with Gasteiger partial charge in [-0.05, 0) is 29.7 Å². The average Bonchev–Trinajstić information content (AvgIpc) is 2.83. The zero-order chi connectivity index (χ0) is 12.5. The number of allylic oxidation sites excluding steroid dienone is 1. The first-order chi connectivity index (χ1) is 7.91. The molecule has 2 heterocycles. The topological polar surface area (TPSA) is 44.3 Å². The second kappa shape index (κ2) is 4.17. The molecule has 0 bridgehead atoms. The summed E-state index contributed by atoms with van der Waals surface area (Å²) in [7, 11) is 0. The maximum absolute atomic E-state index is 12.4. The molecule has 1 aromatic rings. The van der Waals surface area contributed by atoms with E-state index in [1.165, 1.54) is 17.4 Å². The molecule has 17 heavy (non-hydrogen) atoms. The highest BCUT2D eigenvalue weighted by atomic mass is 32.1. The van der Waals surface area contributed by atoms with Gasteiger partial charge >= 0.3 is 6.18 Å². The fraction of sp³-hybridized carbons (Fsp3) is 0.200. The molecule has 1 aliphatic heterocycles. The first kappa shape index (κ1) is 12.2. The zero-order valence-corrected chi connectivity index (χ0v) is 9.27. The van der Waals surface area contributed by atoms with Gasteiger partial charge in [-0.1, -0.05) is 6.07 Å². The van der Waals surface area contributed by atoms with Crippen LogP contribution in [0.2, 0.25) is 0 Å². The van der Waals surface area contributed by atoms with Crippen molar-refractivity contribution >= 4 is 17.4 Å². The number of rotatable bonds is 2. The first-order valence-electron chi connectivity index (χ1n) is 4.67. The summed E-state index contributed by atoms with van der Waals surface area (Å²) in [6.45, 7) is 0.